The van der Waals surface area contributed by atoms with E-state index in [-0.39, 0.29) is 18.4 Å². The number of rotatable bonds is 5. The molecule has 1 fully saturated rings. The van der Waals surface area contributed by atoms with Gasteiger partial charge in [-0.2, -0.15) is 13.2 Å². The van der Waals surface area contributed by atoms with Crippen LogP contribution in [0, 0.1) is 0 Å². The van der Waals surface area contributed by atoms with E-state index in [9.17, 15) is 22.8 Å². The quantitative estimate of drug-likeness (QED) is 0.810. The number of carbonyl (C=O) groups excluding carboxylic acids is 2. The number of hydrogen-bond donors (Lipinski definition) is 1. The van der Waals surface area contributed by atoms with Gasteiger partial charge < -0.3 is 10.2 Å². The maximum Gasteiger partial charge on any atom is 0.416 e. The lowest BCUT2D eigenvalue weighted by Crippen LogP contribution is -2.42. The second-order valence-corrected chi connectivity index (χ2v) is 7.25. The molecule has 2 aromatic rings. The summed E-state index contributed by atoms with van der Waals surface area (Å²) in [5, 5.41) is 2.65. The number of hydrogen-bond acceptors (Lipinski definition) is 3. The van der Waals surface area contributed by atoms with E-state index in [1.807, 2.05) is 6.07 Å². The molecule has 30 heavy (non-hydrogen) atoms. The van der Waals surface area contributed by atoms with Crippen LogP contribution in [-0.4, -0.2) is 54.3 Å². The van der Waals surface area contributed by atoms with Crippen molar-refractivity contribution in [1.82, 2.24) is 15.1 Å². The maximum absolute atomic E-state index is 12.7. The van der Waals surface area contributed by atoms with Gasteiger partial charge in [-0.15, -0.1) is 0 Å². The molecule has 2 aromatic carbocycles. The summed E-state index contributed by atoms with van der Waals surface area (Å²) in [6.45, 7) is 2.95. The van der Waals surface area contributed by atoms with Crippen LogP contribution in [-0.2, 0) is 17.5 Å². The fourth-order valence-electron chi connectivity index (χ4n) is 3.40. The van der Waals surface area contributed by atoms with Crippen molar-refractivity contribution in [2.45, 2.75) is 19.1 Å². The molecular formula is C22H24F3N3O2. The number of alkyl halides is 3. The molecule has 0 saturated carbocycles. The van der Waals surface area contributed by atoms with Crippen molar-refractivity contribution < 1.29 is 22.8 Å². The third-order valence-corrected chi connectivity index (χ3v) is 5.06. The van der Waals surface area contributed by atoms with E-state index in [1.165, 1.54) is 12.1 Å². The van der Waals surface area contributed by atoms with E-state index in [1.54, 1.807) is 29.2 Å². The average molecular weight is 419 g/mol. The second kappa shape index (κ2) is 9.75. The zero-order valence-corrected chi connectivity index (χ0v) is 16.5. The summed E-state index contributed by atoms with van der Waals surface area (Å²) in [5.74, 6) is -0.432. The van der Waals surface area contributed by atoms with Gasteiger partial charge in [-0.05, 0) is 36.2 Å². The molecule has 5 nitrogen and oxygen atoms in total. The van der Waals surface area contributed by atoms with Crippen LogP contribution in [0.2, 0.25) is 0 Å². The fourth-order valence-corrected chi connectivity index (χ4v) is 3.40. The van der Waals surface area contributed by atoms with Gasteiger partial charge in [0, 0.05) is 38.3 Å². The first-order valence-corrected chi connectivity index (χ1v) is 9.82. The summed E-state index contributed by atoms with van der Waals surface area (Å²) in [7, 11) is 0. The largest absolute Gasteiger partial charge is 0.416 e. The summed E-state index contributed by atoms with van der Waals surface area (Å²) in [6.07, 6.45) is -3.57. The first kappa shape index (κ1) is 21.8. The zero-order valence-electron chi connectivity index (χ0n) is 16.5. The monoisotopic (exact) mass is 419 g/mol. The highest BCUT2D eigenvalue weighted by Gasteiger charge is 2.30. The molecule has 0 radical (unpaired) electrons. The zero-order chi connectivity index (χ0) is 21.6. The number of benzene rings is 2. The lowest BCUT2D eigenvalue weighted by molar-refractivity contribution is -0.137. The molecular weight excluding hydrogens is 395 g/mol. The van der Waals surface area contributed by atoms with Crippen molar-refractivity contribution in [1.29, 1.82) is 0 Å². The maximum atomic E-state index is 12.7. The minimum atomic E-state index is -4.34. The standard InChI is InChI=1S/C22H24F3N3O2/c23-22(24,25)19-9-7-17(8-10-19)16-27-11-4-12-28(14-13-27)20(29)15-26-21(30)18-5-2-1-3-6-18/h1-3,5-10H,4,11-16H2,(H,26,30). The Labute approximate surface area is 173 Å². The van der Waals surface area contributed by atoms with Gasteiger partial charge in [0.15, 0.2) is 0 Å². The van der Waals surface area contributed by atoms with Crippen molar-refractivity contribution in [2.24, 2.45) is 0 Å². The van der Waals surface area contributed by atoms with Crippen molar-refractivity contribution >= 4 is 11.8 Å². The smallest absolute Gasteiger partial charge is 0.343 e. The van der Waals surface area contributed by atoms with Gasteiger partial charge in [0.1, 0.15) is 0 Å². The lowest BCUT2D eigenvalue weighted by Gasteiger charge is -2.22. The summed E-state index contributed by atoms with van der Waals surface area (Å²) >= 11 is 0. The predicted octanol–water partition coefficient (Wildman–Crippen LogP) is 3.17. The molecule has 0 spiro atoms. The van der Waals surface area contributed by atoms with Gasteiger partial charge in [-0.25, -0.2) is 0 Å². The fraction of sp³-hybridized carbons (Fsp3) is 0.364. The van der Waals surface area contributed by atoms with Crippen LogP contribution in [0.5, 0.6) is 0 Å². The van der Waals surface area contributed by atoms with E-state index in [2.05, 4.69) is 10.2 Å². The number of nitrogens with one attached hydrogen (secondary N) is 1. The first-order chi connectivity index (χ1) is 14.3. The molecule has 1 aliphatic heterocycles. The summed E-state index contributed by atoms with van der Waals surface area (Å²) in [4.78, 5) is 28.4. The topological polar surface area (TPSA) is 52.7 Å². The van der Waals surface area contributed by atoms with Crippen LogP contribution < -0.4 is 5.32 Å². The third kappa shape index (κ3) is 6.06. The number of amides is 2. The number of halogens is 3. The van der Waals surface area contributed by atoms with Crippen LogP contribution in [0.3, 0.4) is 0 Å². The lowest BCUT2D eigenvalue weighted by atomic mass is 10.1. The van der Waals surface area contributed by atoms with Gasteiger partial charge in [0.05, 0.1) is 12.1 Å². The van der Waals surface area contributed by atoms with Crippen LogP contribution in [0.25, 0.3) is 0 Å². The molecule has 8 heteroatoms. The molecule has 1 heterocycles. The summed E-state index contributed by atoms with van der Waals surface area (Å²) in [5.41, 5.74) is 0.651. The second-order valence-electron chi connectivity index (χ2n) is 7.25. The molecule has 1 aliphatic rings. The van der Waals surface area contributed by atoms with Crippen LogP contribution in [0.15, 0.2) is 54.6 Å². The van der Waals surface area contributed by atoms with E-state index in [0.29, 0.717) is 31.7 Å². The Hall–Kier alpha value is -2.87. The Bertz CT molecular complexity index is 854. The molecule has 1 saturated heterocycles. The van der Waals surface area contributed by atoms with Gasteiger partial charge in [-0.1, -0.05) is 30.3 Å². The van der Waals surface area contributed by atoms with Crippen molar-refractivity contribution in [3.8, 4) is 0 Å². The minimum Gasteiger partial charge on any atom is -0.343 e. The van der Waals surface area contributed by atoms with E-state index >= 15 is 0 Å². The van der Waals surface area contributed by atoms with Crippen molar-refractivity contribution in [3.05, 3.63) is 71.3 Å². The SMILES string of the molecule is O=C(NCC(=O)N1CCCN(Cc2ccc(C(F)(F)F)cc2)CC1)c1ccccc1. The molecule has 0 aliphatic carbocycles. The Morgan fingerprint density at radius 3 is 2.27 bits per heavy atom. The highest BCUT2D eigenvalue weighted by molar-refractivity contribution is 5.96. The molecule has 0 atom stereocenters. The van der Waals surface area contributed by atoms with E-state index < -0.39 is 11.7 Å². The van der Waals surface area contributed by atoms with Crippen molar-refractivity contribution in [3.63, 3.8) is 0 Å². The number of nitrogens with zero attached hydrogens (tertiary/aromatic N) is 2. The average Bonchev–Trinajstić information content (AvgIpc) is 2.98. The van der Waals surface area contributed by atoms with Crippen molar-refractivity contribution in [2.75, 3.05) is 32.7 Å². The molecule has 0 unspecified atom stereocenters. The van der Waals surface area contributed by atoms with Gasteiger partial charge in [-0.3, -0.25) is 14.5 Å². The Morgan fingerprint density at radius 1 is 0.900 bits per heavy atom. The van der Waals surface area contributed by atoms with Crippen LogP contribution >= 0.6 is 0 Å². The van der Waals surface area contributed by atoms with Crippen LogP contribution in [0.1, 0.15) is 27.9 Å². The Kier molecular flexibility index (Phi) is 7.10. The third-order valence-electron chi connectivity index (χ3n) is 5.06. The molecule has 160 valence electrons. The van der Waals surface area contributed by atoms with E-state index in [4.69, 9.17) is 0 Å². The highest BCUT2D eigenvalue weighted by atomic mass is 19.4. The normalized spacial score (nSPS) is 15.5. The molecule has 0 bridgehead atoms. The summed E-state index contributed by atoms with van der Waals surface area (Å²) < 4.78 is 38.1. The highest BCUT2D eigenvalue weighted by Crippen LogP contribution is 2.29. The van der Waals surface area contributed by atoms with Gasteiger partial charge >= 0.3 is 6.18 Å². The van der Waals surface area contributed by atoms with Crippen LogP contribution in [0.4, 0.5) is 13.2 Å². The van der Waals surface area contributed by atoms with E-state index in [0.717, 1.165) is 30.7 Å². The molecule has 0 aromatic heterocycles. The molecule has 2 amide bonds. The Morgan fingerprint density at radius 2 is 1.60 bits per heavy atom. The number of carbonyl (C=O) groups is 2. The summed E-state index contributed by atoms with van der Waals surface area (Å²) in [6, 6.07) is 13.9. The Balaban J connectivity index is 1.47. The minimum absolute atomic E-state index is 0.0629. The first-order valence-electron chi connectivity index (χ1n) is 9.82. The molecule has 3 rings (SSSR count). The van der Waals surface area contributed by atoms with Gasteiger partial charge in [0.2, 0.25) is 5.91 Å². The van der Waals surface area contributed by atoms with Gasteiger partial charge in [0.25, 0.3) is 5.91 Å². The predicted molar refractivity (Wildman–Crippen MR) is 107 cm³/mol. The molecule has 1 N–H and O–H groups in total.